The second-order valence-corrected chi connectivity index (χ2v) is 4.34. The van der Waals surface area contributed by atoms with Crippen LogP contribution in [0.2, 0.25) is 0 Å². The Bertz CT molecular complexity index is 197. The van der Waals surface area contributed by atoms with Gasteiger partial charge in [0.1, 0.15) is 0 Å². The number of hydrogen-bond acceptors (Lipinski definition) is 5. The average Bonchev–Trinajstić information content (AvgIpc) is 2.04. The standard InChI is InChI=1S/C9H18O5/c1-8(2,5-14-12)9(3,4)7(11)13-6-10/h10,12H,5-6H2,1-4H3. The van der Waals surface area contributed by atoms with Gasteiger partial charge in [0.25, 0.3) is 0 Å². The molecule has 0 radical (unpaired) electrons. The van der Waals surface area contributed by atoms with Crippen LogP contribution in [0.5, 0.6) is 0 Å². The summed E-state index contributed by atoms with van der Waals surface area (Å²) < 4.78 is 4.52. The molecule has 5 nitrogen and oxygen atoms in total. The Labute approximate surface area is 83.6 Å². The highest BCUT2D eigenvalue weighted by atomic mass is 17.1. The minimum Gasteiger partial charge on any atom is -0.438 e. The number of hydrogen-bond donors (Lipinski definition) is 2. The van der Waals surface area contributed by atoms with E-state index < -0.39 is 23.6 Å². The molecule has 0 unspecified atom stereocenters. The van der Waals surface area contributed by atoms with Crippen molar-refractivity contribution in [2.45, 2.75) is 27.7 Å². The van der Waals surface area contributed by atoms with Crippen molar-refractivity contribution >= 4 is 5.97 Å². The van der Waals surface area contributed by atoms with E-state index in [1.165, 1.54) is 0 Å². The van der Waals surface area contributed by atoms with Gasteiger partial charge in [-0.2, -0.15) is 0 Å². The number of carbonyl (C=O) groups is 1. The maximum absolute atomic E-state index is 11.5. The van der Waals surface area contributed by atoms with Crippen LogP contribution in [0.4, 0.5) is 0 Å². The van der Waals surface area contributed by atoms with Gasteiger partial charge in [0.2, 0.25) is 0 Å². The average molecular weight is 206 g/mol. The third kappa shape index (κ3) is 2.67. The van der Waals surface area contributed by atoms with E-state index in [2.05, 4.69) is 9.62 Å². The van der Waals surface area contributed by atoms with Gasteiger partial charge in [-0.15, -0.1) is 0 Å². The van der Waals surface area contributed by atoms with E-state index in [0.717, 1.165) is 0 Å². The van der Waals surface area contributed by atoms with Crippen LogP contribution < -0.4 is 0 Å². The van der Waals surface area contributed by atoms with Crippen molar-refractivity contribution in [3.63, 3.8) is 0 Å². The zero-order valence-electron chi connectivity index (χ0n) is 9.03. The van der Waals surface area contributed by atoms with E-state index in [1.54, 1.807) is 27.7 Å². The molecular formula is C9H18O5. The second-order valence-electron chi connectivity index (χ2n) is 4.34. The predicted octanol–water partition coefficient (Wildman–Crippen LogP) is 1.02. The third-order valence-corrected chi connectivity index (χ3v) is 2.82. The molecule has 0 aromatic carbocycles. The molecule has 0 saturated carbocycles. The van der Waals surface area contributed by atoms with Crippen LogP contribution in [0.25, 0.3) is 0 Å². The lowest BCUT2D eigenvalue weighted by molar-refractivity contribution is -0.269. The fourth-order valence-electron chi connectivity index (χ4n) is 0.857. The molecule has 0 fully saturated rings. The smallest absolute Gasteiger partial charge is 0.314 e. The van der Waals surface area contributed by atoms with Crippen molar-refractivity contribution in [3.05, 3.63) is 0 Å². The summed E-state index contributed by atoms with van der Waals surface area (Å²) in [6, 6.07) is 0. The molecule has 0 saturated heterocycles. The summed E-state index contributed by atoms with van der Waals surface area (Å²) >= 11 is 0. The minimum atomic E-state index is -0.849. The van der Waals surface area contributed by atoms with E-state index in [4.69, 9.17) is 10.4 Å². The fraction of sp³-hybridized carbons (Fsp3) is 0.889. The van der Waals surface area contributed by atoms with Crippen LogP contribution in [0.1, 0.15) is 27.7 Å². The first-order valence-electron chi connectivity index (χ1n) is 4.34. The van der Waals surface area contributed by atoms with E-state index in [9.17, 15) is 4.79 Å². The van der Waals surface area contributed by atoms with Crippen LogP contribution in [0.15, 0.2) is 0 Å². The molecule has 0 aromatic rings. The Hall–Kier alpha value is -0.650. The lowest BCUT2D eigenvalue weighted by Gasteiger charge is -2.37. The molecule has 0 aromatic heterocycles. The fourth-order valence-corrected chi connectivity index (χ4v) is 0.857. The van der Waals surface area contributed by atoms with E-state index >= 15 is 0 Å². The van der Waals surface area contributed by atoms with Crippen molar-refractivity contribution in [2.24, 2.45) is 10.8 Å². The largest absolute Gasteiger partial charge is 0.438 e. The molecule has 0 atom stereocenters. The molecule has 14 heavy (non-hydrogen) atoms. The summed E-state index contributed by atoms with van der Waals surface area (Å²) in [6.07, 6.45) is 0. The number of ether oxygens (including phenoxy) is 1. The Morgan fingerprint density at radius 1 is 1.29 bits per heavy atom. The van der Waals surface area contributed by atoms with E-state index in [0.29, 0.717) is 0 Å². The first-order valence-corrected chi connectivity index (χ1v) is 4.34. The SMILES string of the molecule is CC(C)(COO)C(C)(C)C(=O)OCO. The first-order chi connectivity index (χ1) is 6.29. The minimum absolute atomic E-state index is 0.0144. The molecule has 5 heteroatoms. The normalized spacial score (nSPS) is 12.7. The highest BCUT2D eigenvalue weighted by Crippen LogP contribution is 2.39. The molecular weight excluding hydrogens is 188 g/mol. The number of aliphatic hydroxyl groups excluding tert-OH is 1. The highest BCUT2D eigenvalue weighted by molar-refractivity contribution is 5.76. The lowest BCUT2D eigenvalue weighted by Crippen LogP contribution is -2.43. The van der Waals surface area contributed by atoms with Crippen molar-refractivity contribution in [3.8, 4) is 0 Å². The van der Waals surface area contributed by atoms with Crippen molar-refractivity contribution in [1.82, 2.24) is 0 Å². The Morgan fingerprint density at radius 3 is 2.14 bits per heavy atom. The van der Waals surface area contributed by atoms with Gasteiger partial charge >= 0.3 is 5.97 Å². The summed E-state index contributed by atoms with van der Waals surface area (Å²) in [5, 5.41) is 16.8. The maximum Gasteiger partial charge on any atom is 0.314 e. The van der Waals surface area contributed by atoms with Crippen LogP contribution in [-0.2, 0) is 14.4 Å². The second kappa shape index (κ2) is 4.72. The topological polar surface area (TPSA) is 76.0 Å². The number of aliphatic hydroxyl groups is 1. The third-order valence-electron chi connectivity index (χ3n) is 2.82. The number of carbonyl (C=O) groups excluding carboxylic acids is 1. The van der Waals surface area contributed by atoms with Gasteiger partial charge in [0.05, 0.1) is 12.0 Å². The van der Waals surface area contributed by atoms with Gasteiger partial charge in [-0.05, 0) is 13.8 Å². The molecule has 0 heterocycles. The quantitative estimate of drug-likeness (QED) is 0.304. The summed E-state index contributed by atoms with van der Waals surface area (Å²) in [4.78, 5) is 15.5. The maximum atomic E-state index is 11.5. The number of rotatable bonds is 5. The first kappa shape index (κ1) is 13.4. The molecule has 84 valence electrons. The molecule has 0 aliphatic heterocycles. The van der Waals surface area contributed by atoms with Crippen LogP contribution >= 0.6 is 0 Å². The summed E-state index contributed by atoms with van der Waals surface area (Å²) in [7, 11) is 0. The van der Waals surface area contributed by atoms with Gasteiger partial charge < -0.3 is 9.84 Å². The zero-order valence-corrected chi connectivity index (χ0v) is 9.03. The molecule has 0 spiro atoms. The molecule has 0 amide bonds. The molecule has 0 aliphatic carbocycles. The van der Waals surface area contributed by atoms with Gasteiger partial charge in [-0.25, -0.2) is 4.89 Å². The van der Waals surface area contributed by atoms with E-state index in [1.807, 2.05) is 0 Å². The highest BCUT2D eigenvalue weighted by Gasteiger charge is 2.44. The molecule has 0 bridgehead atoms. The number of esters is 1. The molecule has 0 rings (SSSR count). The summed E-state index contributed by atoms with van der Waals surface area (Å²) in [5.74, 6) is -0.526. The van der Waals surface area contributed by atoms with Crippen LogP contribution in [0, 0.1) is 10.8 Å². The molecule has 0 aliphatic rings. The lowest BCUT2D eigenvalue weighted by atomic mass is 9.68. The monoisotopic (exact) mass is 206 g/mol. The Kier molecular flexibility index (Phi) is 4.51. The van der Waals surface area contributed by atoms with Crippen LogP contribution in [0.3, 0.4) is 0 Å². The predicted molar refractivity (Wildman–Crippen MR) is 49.3 cm³/mol. The summed E-state index contributed by atoms with van der Waals surface area (Å²) in [6.45, 7) is 6.25. The molecule has 2 N–H and O–H groups in total. The Morgan fingerprint density at radius 2 is 1.79 bits per heavy atom. The van der Waals surface area contributed by atoms with Crippen molar-refractivity contribution in [1.29, 1.82) is 0 Å². The van der Waals surface area contributed by atoms with Gasteiger partial charge in [0.15, 0.2) is 6.79 Å². The van der Waals surface area contributed by atoms with Crippen molar-refractivity contribution in [2.75, 3.05) is 13.4 Å². The van der Waals surface area contributed by atoms with Gasteiger partial charge in [0, 0.05) is 5.41 Å². The van der Waals surface area contributed by atoms with Gasteiger partial charge in [-0.1, -0.05) is 13.8 Å². The van der Waals surface area contributed by atoms with Crippen LogP contribution in [-0.4, -0.2) is 29.7 Å². The van der Waals surface area contributed by atoms with E-state index in [-0.39, 0.29) is 6.61 Å². The Balaban J connectivity index is 4.65. The zero-order chi connectivity index (χ0) is 11.4. The summed E-state index contributed by atoms with van der Waals surface area (Å²) in [5.41, 5.74) is -1.44. The van der Waals surface area contributed by atoms with Gasteiger partial charge in [-0.3, -0.25) is 10.1 Å². The van der Waals surface area contributed by atoms with Crippen molar-refractivity contribution < 1.29 is 24.8 Å².